The predicted octanol–water partition coefficient (Wildman–Crippen LogP) is 3.12. The van der Waals surface area contributed by atoms with Crippen LogP contribution in [0, 0.1) is 0 Å². The Kier molecular flexibility index (Phi) is 5.97. The Hall–Kier alpha value is -2.58. The van der Waals surface area contributed by atoms with E-state index in [1.165, 1.54) is 12.1 Å². The number of hydrogen-bond acceptors (Lipinski definition) is 5. The number of carbonyl (C=O) groups excluding carboxylic acids is 1. The lowest BCUT2D eigenvalue weighted by molar-refractivity contribution is 0.0735. The van der Waals surface area contributed by atoms with Crippen molar-refractivity contribution in [3.8, 4) is 11.5 Å². The van der Waals surface area contributed by atoms with Crippen molar-refractivity contribution in [1.29, 1.82) is 0 Å². The molecule has 1 fully saturated rings. The van der Waals surface area contributed by atoms with Crippen LogP contribution >= 0.6 is 0 Å². The molecule has 2 aromatic rings. The smallest absolute Gasteiger partial charge is 0.254 e. The van der Waals surface area contributed by atoms with Gasteiger partial charge in [-0.2, -0.15) is 0 Å². The van der Waals surface area contributed by atoms with E-state index < -0.39 is 10.0 Å². The number of fused-ring (bicyclic) bond motifs is 1. The Bertz CT molecular complexity index is 1040. The highest BCUT2D eigenvalue weighted by Crippen LogP contribution is 2.38. The summed E-state index contributed by atoms with van der Waals surface area (Å²) in [6, 6.07) is 12.0. The number of rotatable bonds is 6. The number of sulfonamides is 1. The average Bonchev–Trinajstić information content (AvgIpc) is 3.27. The maximum Gasteiger partial charge on any atom is 0.254 e. The molecule has 0 saturated carbocycles. The molecule has 1 atom stereocenters. The van der Waals surface area contributed by atoms with Crippen molar-refractivity contribution in [2.24, 2.45) is 0 Å². The molecule has 0 aromatic heterocycles. The lowest BCUT2D eigenvalue weighted by Crippen LogP contribution is -2.31. The first kappa shape index (κ1) is 20.7. The number of carbonyl (C=O) groups is 1. The summed E-state index contributed by atoms with van der Waals surface area (Å²) in [6.45, 7) is 3.93. The van der Waals surface area contributed by atoms with Crippen LogP contribution in [0.1, 0.15) is 48.1 Å². The zero-order chi connectivity index (χ0) is 21.1. The molecular formula is C22H26N2O5S. The molecular weight excluding hydrogens is 404 g/mol. The van der Waals surface area contributed by atoms with Crippen LogP contribution in [-0.4, -0.2) is 45.5 Å². The van der Waals surface area contributed by atoms with E-state index in [4.69, 9.17) is 9.47 Å². The lowest BCUT2D eigenvalue weighted by Gasteiger charge is -2.27. The van der Waals surface area contributed by atoms with Crippen LogP contribution in [0.15, 0.2) is 47.4 Å². The second-order valence-corrected chi connectivity index (χ2v) is 9.25. The molecule has 0 radical (unpaired) electrons. The Morgan fingerprint density at radius 2 is 1.93 bits per heavy atom. The van der Waals surface area contributed by atoms with E-state index in [2.05, 4.69) is 4.72 Å². The fraction of sp³-hybridized carbons (Fsp3) is 0.409. The summed E-state index contributed by atoms with van der Waals surface area (Å²) in [4.78, 5) is 15.2. The van der Waals surface area contributed by atoms with E-state index in [1.54, 1.807) is 12.1 Å². The summed E-state index contributed by atoms with van der Waals surface area (Å²) in [5.74, 6) is 1.26. The lowest BCUT2D eigenvalue weighted by atomic mass is 10.0. The summed E-state index contributed by atoms with van der Waals surface area (Å²) in [5.41, 5.74) is 1.37. The van der Waals surface area contributed by atoms with Gasteiger partial charge in [-0.3, -0.25) is 4.79 Å². The van der Waals surface area contributed by atoms with Gasteiger partial charge in [0.15, 0.2) is 11.5 Å². The molecule has 1 saturated heterocycles. The molecule has 8 heteroatoms. The Labute approximate surface area is 177 Å². The van der Waals surface area contributed by atoms with Crippen LogP contribution in [0.2, 0.25) is 0 Å². The van der Waals surface area contributed by atoms with Crippen molar-refractivity contribution in [1.82, 2.24) is 9.62 Å². The van der Waals surface area contributed by atoms with Crippen LogP contribution in [0.4, 0.5) is 0 Å². The van der Waals surface area contributed by atoms with E-state index in [0.717, 1.165) is 24.2 Å². The normalized spacial score (nSPS) is 18.4. The molecule has 0 unspecified atom stereocenters. The molecule has 2 heterocycles. The van der Waals surface area contributed by atoms with Gasteiger partial charge >= 0.3 is 0 Å². The summed E-state index contributed by atoms with van der Waals surface area (Å²) in [7, 11) is -3.63. The fourth-order valence-electron chi connectivity index (χ4n) is 3.91. The van der Waals surface area contributed by atoms with Crippen molar-refractivity contribution in [3.05, 3.63) is 53.6 Å². The minimum atomic E-state index is -3.63. The summed E-state index contributed by atoms with van der Waals surface area (Å²) in [6.07, 6.45) is 2.44. The van der Waals surface area contributed by atoms with Crippen molar-refractivity contribution in [2.75, 3.05) is 26.3 Å². The van der Waals surface area contributed by atoms with Gasteiger partial charge in [-0.1, -0.05) is 19.1 Å². The molecule has 2 aromatic carbocycles. The molecule has 0 aliphatic carbocycles. The predicted molar refractivity (Wildman–Crippen MR) is 112 cm³/mol. The number of ether oxygens (including phenoxy) is 2. The largest absolute Gasteiger partial charge is 0.486 e. The van der Waals surface area contributed by atoms with Crippen LogP contribution in [0.3, 0.4) is 0 Å². The molecule has 0 bridgehead atoms. The van der Waals surface area contributed by atoms with Gasteiger partial charge in [0.2, 0.25) is 10.0 Å². The third-order valence-electron chi connectivity index (χ3n) is 5.40. The van der Waals surface area contributed by atoms with Crippen LogP contribution in [0.25, 0.3) is 0 Å². The third-order valence-corrected chi connectivity index (χ3v) is 6.86. The van der Waals surface area contributed by atoms with Crippen molar-refractivity contribution >= 4 is 15.9 Å². The first-order valence-corrected chi connectivity index (χ1v) is 11.8. The number of nitrogens with one attached hydrogen (secondary N) is 1. The summed E-state index contributed by atoms with van der Waals surface area (Å²) < 4.78 is 38.7. The van der Waals surface area contributed by atoms with Gasteiger partial charge in [0.05, 0.1) is 10.9 Å². The van der Waals surface area contributed by atoms with Crippen molar-refractivity contribution in [3.63, 3.8) is 0 Å². The van der Waals surface area contributed by atoms with Gasteiger partial charge in [0.1, 0.15) is 13.2 Å². The van der Waals surface area contributed by atoms with E-state index in [9.17, 15) is 13.2 Å². The van der Waals surface area contributed by atoms with Gasteiger partial charge in [-0.25, -0.2) is 13.1 Å². The molecule has 2 aliphatic rings. The monoisotopic (exact) mass is 430 g/mol. The third kappa shape index (κ3) is 4.15. The first-order valence-electron chi connectivity index (χ1n) is 10.3. The number of nitrogens with zero attached hydrogens (tertiary/aromatic N) is 1. The Morgan fingerprint density at radius 1 is 1.13 bits per heavy atom. The molecule has 1 N–H and O–H groups in total. The quantitative estimate of drug-likeness (QED) is 0.761. The van der Waals surface area contributed by atoms with Crippen molar-refractivity contribution < 1.29 is 22.7 Å². The van der Waals surface area contributed by atoms with Gasteiger partial charge in [0, 0.05) is 18.7 Å². The van der Waals surface area contributed by atoms with Crippen LogP contribution in [-0.2, 0) is 10.0 Å². The summed E-state index contributed by atoms with van der Waals surface area (Å²) in [5, 5.41) is 0. The maximum absolute atomic E-state index is 13.3. The molecule has 2 aliphatic heterocycles. The van der Waals surface area contributed by atoms with E-state index in [1.807, 2.05) is 30.0 Å². The van der Waals surface area contributed by atoms with Gasteiger partial charge in [-0.15, -0.1) is 0 Å². The van der Waals surface area contributed by atoms with Crippen molar-refractivity contribution in [2.45, 2.75) is 37.1 Å². The minimum Gasteiger partial charge on any atom is -0.486 e. The Morgan fingerprint density at radius 3 is 2.73 bits per heavy atom. The minimum absolute atomic E-state index is 0.0770. The van der Waals surface area contributed by atoms with Gasteiger partial charge in [-0.05, 0) is 55.2 Å². The molecule has 0 spiro atoms. The number of benzene rings is 2. The second kappa shape index (κ2) is 8.65. The van der Waals surface area contributed by atoms with Crippen LogP contribution in [0.5, 0.6) is 11.5 Å². The van der Waals surface area contributed by atoms with E-state index in [0.29, 0.717) is 44.0 Å². The molecule has 4 rings (SSSR count). The maximum atomic E-state index is 13.3. The van der Waals surface area contributed by atoms with Gasteiger partial charge < -0.3 is 14.4 Å². The number of likely N-dealkylation sites (tertiary alicyclic amines) is 1. The molecule has 1 amide bonds. The second-order valence-electron chi connectivity index (χ2n) is 7.49. The number of amides is 1. The zero-order valence-electron chi connectivity index (χ0n) is 17.0. The fourth-order valence-corrected chi connectivity index (χ4v) is 5.08. The zero-order valence-corrected chi connectivity index (χ0v) is 17.8. The highest BCUT2D eigenvalue weighted by Gasteiger charge is 2.32. The topological polar surface area (TPSA) is 84.9 Å². The van der Waals surface area contributed by atoms with Crippen LogP contribution < -0.4 is 14.2 Å². The molecule has 30 heavy (non-hydrogen) atoms. The summed E-state index contributed by atoms with van der Waals surface area (Å²) >= 11 is 0. The standard InChI is InChI=1S/C22H26N2O5S/c1-2-10-23-30(26,27)18-6-3-5-17(14-18)22(25)24-11-4-7-19(24)16-8-9-20-21(15-16)29-13-12-28-20/h3,5-6,8-9,14-15,19,23H,2,4,7,10-13H2,1H3/t19-/m0/s1. The Balaban J connectivity index is 1.58. The van der Waals surface area contributed by atoms with Gasteiger partial charge in [0.25, 0.3) is 5.91 Å². The van der Waals surface area contributed by atoms with E-state index >= 15 is 0 Å². The average molecular weight is 431 g/mol. The van der Waals surface area contributed by atoms with E-state index in [-0.39, 0.29) is 16.8 Å². The molecule has 160 valence electrons. The number of hydrogen-bond donors (Lipinski definition) is 1. The SMILES string of the molecule is CCCNS(=O)(=O)c1cccc(C(=O)N2CCC[C@H]2c2ccc3c(c2)OCCO3)c1. The first-order chi connectivity index (χ1) is 14.5. The highest BCUT2D eigenvalue weighted by atomic mass is 32.2. The highest BCUT2D eigenvalue weighted by molar-refractivity contribution is 7.89. The molecule has 7 nitrogen and oxygen atoms in total.